The maximum absolute atomic E-state index is 11.3. The minimum atomic E-state index is -0.217. The second-order valence-corrected chi connectivity index (χ2v) is 4.07. The van der Waals surface area contributed by atoms with E-state index in [0.29, 0.717) is 6.54 Å². The van der Waals surface area contributed by atoms with Gasteiger partial charge in [0.15, 0.2) is 0 Å². The van der Waals surface area contributed by atoms with Gasteiger partial charge >= 0.3 is 6.03 Å². The number of hydrogen-bond donors (Lipinski definition) is 2. The Hall–Kier alpha value is -2.69. The molecule has 0 aliphatic carbocycles. The predicted molar refractivity (Wildman–Crippen MR) is 79.8 cm³/mol. The minimum Gasteiger partial charge on any atom is -0.338 e. The van der Waals surface area contributed by atoms with Gasteiger partial charge in [0.1, 0.15) is 0 Å². The molecule has 5 heteroatoms. The lowest BCUT2D eigenvalue weighted by Gasteiger charge is -2.05. The molecule has 0 bridgehead atoms. The Morgan fingerprint density at radius 1 is 0.950 bits per heavy atom. The van der Waals surface area contributed by atoms with Gasteiger partial charge in [0.05, 0.1) is 11.4 Å². The number of rotatable bonds is 4. The molecule has 2 aromatic rings. The number of benzene rings is 2. The van der Waals surface area contributed by atoms with Crippen molar-refractivity contribution in [1.82, 2.24) is 5.32 Å². The van der Waals surface area contributed by atoms with Crippen LogP contribution in [0.15, 0.2) is 64.8 Å². The molecule has 2 aromatic carbocycles. The summed E-state index contributed by atoms with van der Waals surface area (Å²) < 4.78 is 0. The van der Waals surface area contributed by atoms with E-state index in [1.165, 1.54) is 0 Å². The molecule has 2 N–H and O–H groups in total. The van der Waals surface area contributed by atoms with Crippen LogP contribution in [0, 0.1) is 0 Å². The molecule has 20 heavy (non-hydrogen) atoms. The zero-order valence-electron chi connectivity index (χ0n) is 11.2. The van der Waals surface area contributed by atoms with E-state index in [-0.39, 0.29) is 6.03 Å². The van der Waals surface area contributed by atoms with Gasteiger partial charge in [-0.25, -0.2) is 4.79 Å². The number of nitrogens with one attached hydrogen (secondary N) is 2. The van der Waals surface area contributed by atoms with E-state index in [2.05, 4.69) is 20.9 Å². The fourth-order valence-corrected chi connectivity index (χ4v) is 1.56. The number of nitrogens with zero attached hydrogens (tertiary/aromatic N) is 2. The van der Waals surface area contributed by atoms with Crippen molar-refractivity contribution in [3.05, 3.63) is 54.6 Å². The molecule has 0 atom stereocenters. The van der Waals surface area contributed by atoms with E-state index < -0.39 is 0 Å². The van der Waals surface area contributed by atoms with E-state index in [4.69, 9.17) is 0 Å². The zero-order chi connectivity index (χ0) is 14.2. The van der Waals surface area contributed by atoms with Gasteiger partial charge < -0.3 is 10.6 Å². The summed E-state index contributed by atoms with van der Waals surface area (Å²) in [5.74, 6) is 0. The van der Waals surface area contributed by atoms with Gasteiger partial charge in [0, 0.05) is 12.2 Å². The van der Waals surface area contributed by atoms with Crippen LogP contribution < -0.4 is 10.6 Å². The molecule has 0 unspecified atom stereocenters. The highest BCUT2D eigenvalue weighted by Crippen LogP contribution is 2.19. The lowest BCUT2D eigenvalue weighted by molar-refractivity contribution is 0.252. The molecule has 0 heterocycles. The molecule has 0 aliphatic rings. The molecular weight excluding hydrogens is 252 g/mol. The third kappa shape index (κ3) is 4.20. The van der Waals surface area contributed by atoms with Crippen LogP contribution >= 0.6 is 0 Å². The standard InChI is InChI=1S/C15H16N4O/c1-2-16-15(20)17-12-8-10-14(11-9-12)19-18-13-6-4-3-5-7-13/h3-11H,2H2,1H3,(H2,16,17,20). The maximum atomic E-state index is 11.3. The normalized spacial score (nSPS) is 10.4. The molecule has 0 aromatic heterocycles. The average Bonchev–Trinajstić information content (AvgIpc) is 2.48. The van der Waals surface area contributed by atoms with Crippen LogP contribution in [-0.2, 0) is 0 Å². The number of hydrogen-bond acceptors (Lipinski definition) is 3. The average molecular weight is 268 g/mol. The summed E-state index contributed by atoms with van der Waals surface area (Å²) in [7, 11) is 0. The van der Waals surface area contributed by atoms with Gasteiger partial charge in [-0.3, -0.25) is 0 Å². The van der Waals surface area contributed by atoms with Crippen LogP contribution in [0.3, 0.4) is 0 Å². The van der Waals surface area contributed by atoms with E-state index in [0.717, 1.165) is 17.1 Å². The monoisotopic (exact) mass is 268 g/mol. The number of carbonyl (C=O) groups is 1. The third-order valence-electron chi connectivity index (χ3n) is 2.50. The van der Waals surface area contributed by atoms with E-state index in [1.807, 2.05) is 37.3 Å². The van der Waals surface area contributed by atoms with Gasteiger partial charge in [0.2, 0.25) is 0 Å². The smallest absolute Gasteiger partial charge is 0.319 e. The number of azo groups is 1. The fraction of sp³-hybridized carbons (Fsp3) is 0.133. The summed E-state index contributed by atoms with van der Waals surface area (Å²) in [5, 5.41) is 13.6. The van der Waals surface area contributed by atoms with Crippen LogP contribution in [0.4, 0.5) is 21.9 Å². The molecule has 0 saturated heterocycles. The fourth-order valence-electron chi connectivity index (χ4n) is 1.56. The molecular formula is C15H16N4O. The van der Waals surface area contributed by atoms with Crippen LogP contribution in [-0.4, -0.2) is 12.6 Å². The van der Waals surface area contributed by atoms with Crippen molar-refractivity contribution >= 4 is 23.1 Å². The van der Waals surface area contributed by atoms with Gasteiger partial charge in [0.25, 0.3) is 0 Å². The Bertz CT molecular complexity index is 579. The summed E-state index contributed by atoms with van der Waals surface area (Å²) in [6.45, 7) is 2.46. The largest absolute Gasteiger partial charge is 0.338 e. The van der Waals surface area contributed by atoms with Crippen molar-refractivity contribution in [2.24, 2.45) is 10.2 Å². The highest BCUT2D eigenvalue weighted by molar-refractivity contribution is 5.89. The first-order chi connectivity index (χ1) is 9.78. The van der Waals surface area contributed by atoms with Crippen LogP contribution in [0.5, 0.6) is 0 Å². The van der Waals surface area contributed by atoms with E-state index in [9.17, 15) is 4.79 Å². The molecule has 2 rings (SSSR count). The number of amides is 2. The first-order valence-corrected chi connectivity index (χ1v) is 6.39. The van der Waals surface area contributed by atoms with Crippen molar-refractivity contribution in [2.75, 3.05) is 11.9 Å². The van der Waals surface area contributed by atoms with Crippen LogP contribution in [0.1, 0.15) is 6.92 Å². The summed E-state index contributed by atoms with van der Waals surface area (Å²) >= 11 is 0. The van der Waals surface area contributed by atoms with Crippen molar-refractivity contribution in [3.63, 3.8) is 0 Å². The minimum absolute atomic E-state index is 0.217. The molecule has 0 saturated carbocycles. The van der Waals surface area contributed by atoms with Crippen LogP contribution in [0.2, 0.25) is 0 Å². The Balaban J connectivity index is 1.98. The molecule has 5 nitrogen and oxygen atoms in total. The van der Waals surface area contributed by atoms with E-state index >= 15 is 0 Å². The summed E-state index contributed by atoms with van der Waals surface area (Å²) in [4.78, 5) is 11.3. The second kappa shape index (κ2) is 7.04. The van der Waals surface area contributed by atoms with Gasteiger partial charge in [-0.05, 0) is 43.3 Å². The second-order valence-electron chi connectivity index (χ2n) is 4.07. The molecule has 0 aliphatic heterocycles. The maximum Gasteiger partial charge on any atom is 0.319 e. The van der Waals surface area contributed by atoms with Crippen molar-refractivity contribution in [3.8, 4) is 0 Å². The topological polar surface area (TPSA) is 65.8 Å². The number of carbonyl (C=O) groups excluding carboxylic acids is 1. The van der Waals surface area contributed by atoms with Gasteiger partial charge in [-0.2, -0.15) is 10.2 Å². The Morgan fingerprint density at radius 3 is 2.15 bits per heavy atom. The summed E-state index contributed by atoms with van der Waals surface area (Å²) in [6, 6.07) is 16.5. The third-order valence-corrected chi connectivity index (χ3v) is 2.50. The van der Waals surface area contributed by atoms with Crippen LogP contribution in [0.25, 0.3) is 0 Å². The Labute approximate surface area is 117 Å². The predicted octanol–water partition coefficient (Wildman–Crippen LogP) is 4.24. The zero-order valence-corrected chi connectivity index (χ0v) is 11.2. The number of anilines is 1. The highest BCUT2D eigenvalue weighted by Gasteiger charge is 1.99. The molecule has 0 spiro atoms. The molecule has 0 radical (unpaired) electrons. The van der Waals surface area contributed by atoms with E-state index in [1.54, 1.807) is 24.3 Å². The Kier molecular flexibility index (Phi) is 4.83. The lowest BCUT2D eigenvalue weighted by Crippen LogP contribution is -2.28. The summed E-state index contributed by atoms with van der Waals surface area (Å²) in [6.07, 6.45) is 0. The molecule has 102 valence electrons. The van der Waals surface area contributed by atoms with Gasteiger partial charge in [-0.15, -0.1) is 0 Å². The summed E-state index contributed by atoms with van der Waals surface area (Å²) in [5.41, 5.74) is 2.25. The number of urea groups is 1. The Morgan fingerprint density at radius 2 is 1.55 bits per heavy atom. The lowest BCUT2D eigenvalue weighted by atomic mass is 10.3. The molecule has 2 amide bonds. The first-order valence-electron chi connectivity index (χ1n) is 6.39. The van der Waals surface area contributed by atoms with Crippen molar-refractivity contribution in [2.45, 2.75) is 6.92 Å². The SMILES string of the molecule is CCNC(=O)Nc1ccc(N=Nc2ccccc2)cc1. The molecule has 0 fully saturated rings. The van der Waals surface area contributed by atoms with Gasteiger partial charge in [-0.1, -0.05) is 18.2 Å². The quantitative estimate of drug-likeness (QED) is 0.800. The highest BCUT2D eigenvalue weighted by atomic mass is 16.2. The first kappa shape index (κ1) is 13.7. The van der Waals surface area contributed by atoms with Crippen molar-refractivity contribution < 1.29 is 4.79 Å². The van der Waals surface area contributed by atoms with Crippen molar-refractivity contribution in [1.29, 1.82) is 0 Å².